The van der Waals surface area contributed by atoms with Gasteiger partial charge in [-0.15, -0.1) is 0 Å². The van der Waals surface area contributed by atoms with Crippen LogP contribution in [0.15, 0.2) is 23.3 Å². The normalized spacial score (nSPS) is 50.9. The lowest BCUT2D eigenvalue weighted by Gasteiger charge is -2.49. The monoisotopic (exact) mass is 258 g/mol. The molecule has 102 valence electrons. The molecule has 1 saturated carbocycles. The van der Waals surface area contributed by atoms with Gasteiger partial charge >= 0.3 is 0 Å². The highest BCUT2D eigenvalue weighted by molar-refractivity contribution is 5.41. The Morgan fingerprint density at radius 1 is 1.05 bits per heavy atom. The fourth-order valence-electron chi connectivity index (χ4n) is 5.62. The highest BCUT2D eigenvalue weighted by atomic mass is 16.5. The first kappa shape index (κ1) is 11.1. The quantitative estimate of drug-likeness (QED) is 0.665. The molecule has 6 atom stereocenters. The van der Waals surface area contributed by atoms with E-state index in [0.29, 0.717) is 12.0 Å². The van der Waals surface area contributed by atoms with Gasteiger partial charge < -0.3 is 9.47 Å². The Labute approximate surface area is 114 Å². The van der Waals surface area contributed by atoms with Gasteiger partial charge in [0.05, 0.1) is 25.9 Å². The summed E-state index contributed by atoms with van der Waals surface area (Å²) in [6, 6.07) is 0. The van der Waals surface area contributed by atoms with E-state index < -0.39 is 0 Å². The maximum absolute atomic E-state index is 6.14. The highest BCUT2D eigenvalue weighted by Gasteiger charge is 2.54. The van der Waals surface area contributed by atoms with Crippen molar-refractivity contribution < 1.29 is 9.47 Å². The first-order chi connectivity index (χ1) is 9.42. The summed E-state index contributed by atoms with van der Waals surface area (Å²) in [4.78, 5) is 0. The van der Waals surface area contributed by atoms with Crippen molar-refractivity contribution in [1.29, 1.82) is 0 Å². The zero-order valence-electron chi connectivity index (χ0n) is 11.4. The summed E-state index contributed by atoms with van der Waals surface area (Å²) in [6.45, 7) is 2.88. The number of ether oxygens (including phenoxy) is 2. The van der Waals surface area contributed by atoms with Crippen molar-refractivity contribution in [3.63, 3.8) is 0 Å². The van der Waals surface area contributed by atoms with Gasteiger partial charge in [0, 0.05) is 5.92 Å². The Morgan fingerprint density at radius 3 is 3.05 bits per heavy atom. The van der Waals surface area contributed by atoms with Gasteiger partial charge in [0.2, 0.25) is 0 Å². The minimum atomic E-state index is 0.529. The zero-order chi connectivity index (χ0) is 12.4. The van der Waals surface area contributed by atoms with E-state index in [1.807, 2.05) is 0 Å². The molecule has 0 aromatic carbocycles. The first-order valence-corrected chi connectivity index (χ1v) is 8.00. The van der Waals surface area contributed by atoms with Gasteiger partial charge in [-0.3, -0.25) is 0 Å². The lowest BCUT2D eigenvalue weighted by Crippen LogP contribution is -2.49. The summed E-state index contributed by atoms with van der Waals surface area (Å²) in [5.74, 6) is 3.84. The molecule has 19 heavy (non-hydrogen) atoms. The predicted octanol–water partition coefficient (Wildman–Crippen LogP) is 2.95. The van der Waals surface area contributed by atoms with Crippen LogP contribution < -0.4 is 0 Å². The van der Waals surface area contributed by atoms with E-state index in [9.17, 15) is 0 Å². The molecule has 0 N–H and O–H groups in total. The van der Waals surface area contributed by atoms with Crippen molar-refractivity contribution in [3.8, 4) is 0 Å². The van der Waals surface area contributed by atoms with Crippen molar-refractivity contribution >= 4 is 0 Å². The van der Waals surface area contributed by atoms with Gasteiger partial charge in [-0.05, 0) is 60.5 Å². The fraction of sp³-hybridized carbons (Fsp3) is 0.765. The van der Waals surface area contributed by atoms with Crippen molar-refractivity contribution in [1.82, 2.24) is 0 Å². The number of hydrogen-bond donors (Lipinski definition) is 0. The summed E-state index contributed by atoms with van der Waals surface area (Å²) in [5.41, 5.74) is 3.35. The molecule has 0 radical (unpaired) electrons. The zero-order valence-corrected chi connectivity index (χ0v) is 11.4. The number of rotatable bonds is 0. The predicted molar refractivity (Wildman–Crippen MR) is 72.6 cm³/mol. The van der Waals surface area contributed by atoms with Crippen LogP contribution in [0.2, 0.25) is 0 Å². The van der Waals surface area contributed by atoms with Crippen molar-refractivity contribution in [2.45, 2.75) is 31.8 Å². The van der Waals surface area contributed by atoms with Crippen molar-refractivity contribution in [3.05, 3.63) is 23.3 Å². The third kappa shape index (κ3) is 1.45. The average molecular weight is 258 g/mol. The molecule has 0 amide bonds. The van der Waals surface area contributed by atoms with Crippen LogP contribution in [0.1, 0.15) is 25.7 Å². The molecular formula is C17H22O2. The average Bonchev–Trinajstić information content (AvgIpc) is 3.07. The maximum atomic E-state index is 6.14. The van der Waals surface area contributed by atoms with Gasteiger partial charge in [-0.2, -0.15) is 0 Å². The molecule has 2 aliphatic heterocycles. The molecule has 6 unspecified atom stereocenters. The van der Waals surface area contributed by atoms with Crippen LogP contribution in [-0.2, 0) is 9.47 Å². The van der Waals surface area contributed by atoms with Gasteiger partial charge in [0.1, 0.15) is 0 Å². The third-order valence-electron chi connectivity index (χ3n) is 6.37. The molecule has 3 aliphatic carbocycles. The molecule has 0 aromatic rings. The molecule has 2 heterocycles. The highest BCUT2D eigenvalue weighted by Crippen LogP contribution is 2.55. The number of allylic oxidation sites excluding steroid dienone is 4. The van der Waals surface area contributed by atoms with Gasteiger partial charge in [0.25, 0.3) is 0 Å². The topological polar surface area (TPSA) is 18.5 Å². The van der Waals surface area contributed by atoms with E-state index in [2.05, 4.69) is 12.2 Å². The molecule has 2 nitrogen and oxygen atoms in total. The summed E-state index contributed by atoms with van der Waals surface area (Å²) >= 11 is 0. The van der Waals surface area contributed by atoms with Crippen LogP contribution in [-0.4, -0.2) is 25.9 Å². The van der Waals surface area contributed by atoms with Crippen molar-refractivity contribution in [2.75, 3.05) is 19.8 Å². The molecule has 0 bridgehead atoms. The summed E-state index contributed by atoms with van der Waals surface area (Å²) in [5, 5.41) is 0. The van der Waals surface area contributed by atoms with E-state index in [0.717, 1.165) is 43.5 Å². The minimum Gasteiger partial charge on any atom is -0.381 e. The van der Waals surface area contributed by atoms with E-state index in [-0.39, 0.29) is 0 Å². The van der Waals surface area contributed by atoms with Crippen LogP contribution in [0.5, 0.6) is 0 Å². The van der Waals surface area contributed by atoms with Crippen molar-refractivity contribution in [2.24, 2.45) is 29.6 Å². The molecule has 5 aliphatic rings. The largest absolute Gasteiger partial charge is 0.381 e. The Bertz CT molecular complexity index is 464. The molecular weight excluding hydrogens is 236 g/mol. The molecule has 5 rings (SSSR count). The fourth-order valence-corrected chi connectivity index (χ4v) is 5.62. The van der Waals surface area contributed by atoms with Crippen LogP contribution >= 0.6 is 0 Å². The summed E-state index contributed by atoms with van der Waals surface area (Å²) in [6.07, 6.45) is 10.7. The number of hydrogen-bond acceptors (Lipinski definition) is 2. The lowest BCUT2D eigenvalue weighted by atomic mass is 9.57. The Balaban J connectivity index is 1.54. The van der Waals surface area contributed by atoms with Gasteiger partial charge in [0.15, 0.2) is 0 Å². The van der Waals surface area contributed by atoms with Gasteiger partial charge in [-0.1, -0.05) is 12.2 Å². The smallest absolute Gasteiger partial charge is 0.0617 e. The van der Waals surface area contributed by atoms with Crippen LogP contribution in [0.25, 0.3) is 0 Å². The van der Waals surface area contributed by atoms with E-state index in [1.54, 1.807) is 11.1 Å². The SMILES string of the molecule is C1=C2CCC=C2C2CC3OCC4COCC(C2C1)C43. The Kier molecular flexibility index (Phi) is 2.31. The molecule has 3 fully saturated rings. The molecule has 2 heteroatoms. The van der Waals surface area contributed by atoms with E-state index in [1.165, 1.54) is 25.7 Å². The first-order valence-electron chi connectivity index (χ1n) is 8.00. The Morgan fingerprint density at radius 2 is 2.05 bits per heavy atom. The van der Waals surface area contributed by atoms with Crippen LogP contribution in [0.3, 0.4) is 0 Å². The molecule has 0 spiro atoms. The maximum Gasteiger partial charge on any atom is 0.0617 e. The summed E-state index contributed by atoms with van der Waals surface area (Å²) < 4.78 is 12.1. The van der Waals surface area contributed by atoms with Gasteiger partial charge in [-0.25, -0.2) is 0 Å². The standard InChI is InChI=1S/C17H22O2/c1-2-10-4-5-13-14(12(10)3-1)6-16-17-11(8-19-16)7-18-9-15(13)17/h3-4,11,13-17H,1-2,5-9H2. The lowest BCUT2D eigenvalue weighted by molar-refractivity contribution is -0.0811. The molecule has 0 aromatic heterocycles. The van der Waals surface area contributed by atoms with Crippen LogP contribution in [0, 0.1) is 29.6 Å². The second-order valence-corrected chi connectivity index (χ2v) is 7.08. The van der Waals surface area contributed by atoms with E-state index in [4.69, 9.17) is 9.47 Å². The third-order valence-corrected chi connectivity index (χ3v) is 6.37. The van der Waals surface area contributed by atoms with E-state index >= 15 is 0 Å². The Hall–Kier alpha value is -0.600. The summed E-state index contributed by atoms with van der Waals surface area (Å²) in [7, 11) is 0. The second kappa shape index (κ2) is 3.95. The number of fused-ring (bicyclic) bond motifs is 4. The van der Waals surface area contributed by atoms with Crippen LogP contribution in [0.4, 0.5) is 0 Å². The minimum absolute atomic E-state index is 0.529. The molecule has 2 saturated heterocycles. The second-order valence-electron chi connectivity index (χ2n) is 7.08.